The number of carbonyl (C=O) groups is 1. The van der Waals surface area contributed by atoms with Crippen LogP contribution in [0.2, 0.25) is 0 Å². The third-order valence-electron chi connectivity index (χ3n) is 4.19. The third kappa shape index (κ3) is 4.43. The normalized spacial score (nSPS) is 16.2. The number of nitrogens with one attached hydrogen (secondary N) is 1. The fraction of sp³-hybridized carbons (Fsp3) is 0.353. The van der Waals surface area contributed by atoms with Crippen LogP contribution in [0.3, 0.4) is 0 Å². The van der Waals surface area contributed by atoms with E-state index in [4.69, 9.17) is 4.74 Å². The molecule has 1 atom stereocenters. The minimum atomic E-state index is -0.517. The lowest BCUT2D eigenvalue weighted by Gasteiger charge is -2.34. The zero-order valence-electron chi connectivity index (χ0n) is 13.9. The predicted molar refractivity (Wildman–Crippen MR) is 94.8 cm³/mol. The van der Waals surface area contributed by atoms with E-state index in [2.05, 4.69) is 10.2 Å². The molecular weight excluding hydrogens is 361 g/mol. The second-order valence-corrected chi connectivity index (χ2v) is 6.88. The van der Waals surface area contributed by atoms with Gasteiger partial charge in [-0.1, -0.05) is 23.5 Å². The summed E-state index contributed by atoms with van der Waals surface area (Å²) in [7, 11) is 0. The van der Waals surface area contributed by atoms with Crippen molar-refractivity contribution in [1.29, 1.82) is 0 Å². The van der Waals surface area contributed by atoms with Crippen molar-refractivity contribution in [3.63, 3.8) is 0 Å². The minimum Gasteiger partial charge on any atom is -0.379 e. The Labute approximate surface area is 153 Å². The summed E-state index contributed by atoms with van der Waals surface area (Å²) in [5, 5.41) is 13.5. The largest absolute Gasteiger partial charge is 0.379 e. The molecule has 1 aliphatic rings. The smallest absolute Gasteiger partial charge is 0.324 e. The van der Waals surface area contributed by atoms with Crippen LogP contribution in [0.15, 0.2) is 36.4 Å². The fourth-order valence-electron chi connectivity index (χ4n) is 2.86. The zero-order chi connectivity index (χ0) is 18.5. The number of rotatable bonds is 6. The SMILES string of the molecule is O=C(NCC(c1ccc(F)cc1)N1CCOCC1)c1ccc([N+](=O)[O-])s1. The van der Waals surface area contributed by atoms with E-state index in [-0.39, 0.29) is 27.6 Å². The summed E-state index contributed by atoms with van der Waals surface area (Å²) in [6.07, 6.45) is 0. The third-order valence-corrected chi connectivity index (χ3v) is 5.23. The van der Waals surface area contributed by atoms with Gasteiger partial charge in [0, 0.05) is 25.7 Å². The molecule has 0 aliphatic carbocycles. The number of nitrogens with zero attached hydrogens (tertiary/aromatic N) is 2. The molecule has 1 N–H and O–H groups in total. The second kappa shape index (κ2) is 8.35. The number of thiophene rings is 1. The number of nitro groups is 1. The number of hydrogen-bond donors (Lipinski definition) is 1. The van der Waals surface area contributed by atoms with Crippen molar-refractivity contribution >= 4 is 22.2 Å². The minimum absolute atomic E-state index is 0.0709. The van der Waals surface area contributed by atoms with E-state index in [1.807, 2.05) is 0 Å². The molecule has 138 valence electrons. The highest BCUT2D eigenvalue weighted by Gasteiger charge is 2.24. The van der Waals surface area contributed by atoms with Crippen LogP contribution in [0.4, 0.5) is 9.39 Å². The molecule has 1 saturated heterocycles. The van der Waals surface area contributed by atoms with Crippen molar-refractivity contribution in [3.8, 4) is 0 Å². The summed E-state index contributed by atoms with van der Waals surface area (Å²) in [4.78, 5) is 25.0. The molecule has 3 rings (SSSR count). The van der Waals surface area contributed by atoms with Gasteiger partial charge in [0.25, 0.3) is 5.91 Å². The van der Waals surface area contributed by atoms with Crippen LogP contribution in [0.5, 0.6) is 0 Å². The van der Waals surface area contributed by atoms with Crippen LogP contribution in [-0.4, -0.2) is 48.6 Å². The van der Waals surface area contributed by atoms with Crippen LogP contribution in [0, 0.1) is 15.9 Å². The van der Waals surface area contributed by atoms with Gasteiger partial charge in [0.2, 0.25) is 0 Å². The molecule has 1 amide bonds. The Hall–Kier alpha value is -2.36. The first kappa shape index (κ1) is 18.4. The summed E-state index contributed by atoms with van der Waals surface area (Å²) in [6.45, 7) is 2.94. The maximum Gasteiger partial charge on any atom is 0.324 e. The quantitative estimate of drug-likeness (QED) is 0.616. The van der Waals surface area contributed by atoms with Crippen molar-refractivity contribution in [2.45, 2.75) is 6.04 Å². The van der Waals surface area contributed by atoms with E-state index in [1.54, 1.807) is 12.1 Å². The molecule has 2 aromatic rings. The second-order valence-electron chi connectivity index (χ2n) is 5.82. The van der Waals surface area contributed by atoms with Gasteiger partial charge in [0.1, 0.15) is 5.82 Å². The van der Waals surface area contributed by atoms with Crippen molar-refractivity contribution in [2.24, 2.45) is 0 Å². The Balaban J connectivity index is 1.71. The number of morpholine rings is 1. The average molecular weight is 379 g/mol. The molecule has 1 aliphatic heterocycles. The van der Waals surface area contributed by atoms with Crippen LogP contribution in [0.1, 0.15) is 21.3 Å². The lowest BCUT2D eigenvalue weighted by Crippen LogP contribution is -2.43. The maximum atomic E-state index is 13.2. The maximum absolute atomic E-state index is 13.2. The number of benzene rings is 1. The van der Waals surface area contributed by atoms with Gasteiger partial charge in [-0.05, 0) is 23.8 Å². The van der Waals surface area contributed by atoms with Gasteiger partial charge in [-0.2, -0.15) is 0 Å². The lowest BCUT2D eigenvalue weighted by molar-refractivity contribution is -0.380. The van der Waals surface area contributed by atoms with Gasteiger partial charge in [-0.25, -0.2) is 4.39 Å². The van der Waals surface area contributed by atoms with Crippen molar-refractivity contribution in [2.75, 3.05) is 32.8 Å². The van der Waals surface area contributed by atoms with E-state index in [1.165, 1.54) is 24.3 Å². The van der Waals surface area contributed by atoms with Crippen molar-refractivity contribution in [3.05, 3.63) is 62.8 Å². The van der Waals surface area contributed by atoms with Crippen LogP contribution < -0.4 is 5.32 Å². The number of hydrogen-bond acceptors (Lipinski definition) is 6. The Morgan fingerprint density at radius 3 is 2.58 bits per heavy atom. The first-order chi connectivity index (χ1) is 12.5. The van der Waals surface area contributed by atoms with E-state index in [0.717, 1.165) is 16.9 Å². The number of carbonyl (C=O) groups excluding carboxylic acids is 1. The summed E-state index contributed by atoms with van der Waals surface area (Å²) in [6, 6.07) is 8.84. The molecule has 1 unspecified atom stereocenters. The molecule has 9 heteroatoms. The van der Waals surface area contributed by atoms with Crippen LogP contribution in [0.25, 0.3) is 0 Å². The van der Waals surface area contributed by atoms with E-state index < -0.39 is 4.92 Å². The van der Waals surface area contributed by atoms with Gasteiger partial charge < -0.3 is 10.1 Å². The van der Waals surface area contributed by atoms with Crippen LogP contribution in [-0.2, 0) is 4.74 Å². The molecule has 26 heavy (non-hydrogen) atoms. The molecule has 1 fully saturated rings. The average Bonchev–Trinajstić information content (AvgIpc) is 3.15. The zero-order valence-corrected chi connectivity index (χ0v) is 14.7. The molecule has 0 bridgehead atoms. The molecule has 0 saturated carbocycles. The van der Waals surface area contributed by atoms with E-state index in [9.17, 15) is 19.3 Å². The number of halogens is 1. The first-order valence-corrected chi connectivity index (χ1v) is 8.96. The lowest BCUT2D eigenvalue weighted by atomic mass is 10.0. The topological polar surface area (TPSA) is 84.7 Å². The van der Waals surface area contributed by atoms with E-state index >= 15 is 0 Å². The molecule has 7 nitrogen and oxygen atoms in total. The number of amides is 1. The molecular formula is C17H18FN3O4S. The Morgan fingerprint density at radius 1 is 1.27 bits per heavy atom. The summed E-state index contributed by atoms with van der Waals surface area (Å²) >= 11 is 0.840. The molecule has 2 heterocycles. The fourth-order valence-corrected chi connectivity index (χ4v) is 3.59. The highest BCUT2D eigenvalue weighted by atomic mass is 32.1. The highest BCUT2D eigenvalue weighted by Crippen LogP contribution is 2.25. The van der Waals surface area contributed by atoms with Crippen molar-refractivity contribution < 1.29 is 18.8 Å². The number of ether oxygens (including phenoxy) is 1. The highest BCUT2D eigenvalue weighted by molar-refractivity contribution is 7.17. The van der Waals surface area contributed by atoms with Crippen molar-refractivity contribution in [1.82, 2.24) is 10.2 Å². The Kier molecular flexibility index (Phi) is 5.92. The Morgan fingerprint density at radius 2 is 1.96 bits per heavy atom. The Bertz CT molecular complexity index is 775. The van der Waals surface area contributed by atoms with Gasteiger partial charge in [-0.15, -0.1) is 0 Å². The molecule has 0 spiro atoms. The predicted octanol–water partition coefficient (Wildman–Crippen LogP) is 2.60. The molecule has 0 radical (unpaired) electrons. The van der Waals surface area contributed by atoms with E-state index in [0.29, 0.717) is 32.8 Å². The summed E-state index contributed by atoms with van der Waals surface area (Å²) < 4.78 is 18.6. The standard InChI is InChI=1S/C17H18FN3O4S/c18-13-3-1-12(2-4-13)14(20-7-9-25-10-8-20)11-19-17(22)15-5-6-16(26-15)21(23)24/h1-6,14H,7-11H2,(H,19,22). The van der Waals surface area contributed by atoms with Gasteiger partial charge in [-0.3, -0.25) is 19.8 Å². The van der Waals surface area contributed by atoms with Gasteiger partial charge in [0.15, 0.2) is 0 Å². The summed E-state index contributed by atoms with van der Waals surface area (Å²) in [5.41, 5.74) is 0.894. The molecule has 1 aromatic heterocycles. The first-order valence-electron chi connectivity index (χ1n) is 8.14. The van der Waals surface area contributed by atoms with Crippen LogP contribution >= 0.6 is 11.3 Å². The molecule has 1 aromatic carbocycles. The monoisotopic (exact) mass is 379 g/mol. The summed E-state index contributed by atoms with van der Waals surface area (Å²) in [5.74, 6) is -0.673. The van der Waals surface area contributed by atoms with Gasteiger partial charge in [0.05, 0.1) is 29.1 Å². The van der Waals surface area contributed by atoms with Gasteiger partial charge >= 0.3 is 5.00 Å².